The van der Waals surface area contributed by atoms with Crippen LogP contribution in [0.3, 0.4) is 0 Å². The summed E-state index contributed by atoms with van der Waals surface area (Å²) in [5.41, 5.74) is 1.40. The van der Waals surface area contributed by atoms with Crippen molar-refractivity contribution in [2.45, 2.75) is 11.5 Å². The van der Waals surface area contributed by atoms with Crippen molar-refractivity contribution in [2.24, 2.45) is 0 Å². The smallest absolute Gasteiger partial charge is 0.338 e. The molecule has 8 nitrogen and oxygen atoms in total. The average molecular weight is 456 g/mol. The predicted molar refractivity (Wildman–Crippen MR) is 115 cm³/mol. The highest BCUT2D eigenvalue weighted by Crippen LogP contribution is 2.23. The molecule has 2 aromatic carbocycles. The Bertz CT molecular complexity index is 1290. The number of nitrogens with zero attached hydrogens (tertiary/aromatic N) is 3. The predicted octanol–water partition coefficient (Wildman–Crippen LogP) is 3.98. The highest BCUT2D eigenvalue weighted by Gasteiger charge is 2.23. The summed E-state index contributed by atoms with van der Waals surface area (Å²) in [5, 5.41) is 7.54. The molecule has 0 aliphatic rings. The molecule has 0 atom stereocenters. The molecule has 0 radical (unpaired) electrons. The number of aromatic nitrogens is 2. The van der Waals surface area contributed by atoms with Crippen molar-refractivity contribution < 1.29 is 22.5 Å². The van der Waals surface area contributed by atoms with Crippen LogP contribution in [0.1, 0.15) is 16.2 Å². The molecule has 0 bridgehead atoms. The molecule has 0 unspecified atom stereocenters. The first-order valence-corrected chi connectivity index (χ1v) is 11.5. The maximum absolute atomic E-state index is 12.9. The van der Waals surface area contributed by atoms with Crippen LogP contribution in [0.15, 0.2) is 80.8 Å². The van der Waals surface area contributed by atoms with Crippen LogP contribution in [-0.2, 0) is 21.4 Å². The molecule has 0 N–H and O–H groups in total. The first kappa shape index (κ1) is 20.8. The number of ether oxygens (including phenoxy) is 1. The van der Waals surface area contributed by atoms with Gasteiger partial charge in [0, 0.05) is 12.4 Å². The van der Waals surface area contributed by atoms with Crippen molar-refractivity contribution in [1.29, 1.82) is 0 Å². The number of hydrogen-bond acceptors (Lipinski definition) is 8. The van der Waals surface area contributed by atoms with E-state index in [1.54, 1.807) is 30.3 Å². The van der Waals surface area contributed by atoms with Crippen molar-refractivity contribution in [2.75, 3.05) is 11.4 Å². The van der Waals surface area contributed by atoms with Gasteiger partial charge < -0.3 is 9.26 Å². The minimum atomic E-state index is -3.85. The van der Waals surface area contributed by atoms with Gasteiger partial charge in [0.15, 0.2) is 6.61 Å². The summed E-state index contributed by atoms with van der Waals surface area (Å²) in [5.74, 6) is -0.146. The number of rotatable bonds is 7. The van der Waals surface area contributed by atoms with E-state index < -0.39 is 16.0 Å². The van der Waals surface area contributed by atoms with Crippen LogP contribution >= 0.6 is 11.3 Å². The largest absolute Gasteiger partial charge is 0.454 e. The molecule has 0 aliphatic carbocycles. The third kappa shape index (κ3) is 4.49. The fourth-order valence-electron chi connectivity index (χ4n) is 2.75. The molecular weight excluding hydrogens is 438 g/mol. The number of benzene rings is 2. The monoisotopic (exact) mass is 455 g/mol. The van der Waals surface area contributed by atoms with E-state index in [0.717, 1.165) is 9.87 Å². The van der Waals surface area contributed by atoms with E-state index in [-0.39, 0.29) is 22.9 Å². The van der Waals surface area contributed by atoms with Gasteiger partial charge in [-0.05, 0) is 41.8 Å². The van der Waals surface area contributed by atoms with Crippen molar-refractivity contribution >= 4 is 33.0 Å². The third-order valence-electron chi connectivity index (χ3n) is 4.42. The lowest BCUT2D eigenvalue weighted by molar-refractivity contribution is 0.0459. The van der Waals surface area contributed by atoms with E-state index in [4.69, 9.17) is 9.26 Å². The van der Waals surface area contributed by atoms with Gasteiger partial charge in [0.2, 0.25) is 5.82 Å². The zero-order valence-electron chi connectivity index (χ0n) is 16.3. The summed E-state index contributed by atoms with van der Waals surface area (Å²) in [7, 11) is -2.39. The topological polar surface area (TPSA) is 103 Å². The van der Waals surface area contributed by atoms with Gasteiger partial charge in [-0.3, -0.25) is 4.31 Å². The SMILES string of the molecule is CN(c1ccccc1)S(=O)(=O)c1cccc(C(=O)OCc2noc(-c3ccsc3)n2)c1. The van der Waals surface area contributed by atoms with Gasteiger partial charge in [-0.25, -0.2) is 13.2 Å². The highest BCUT2D eigenvalue weighted by molar-refractivity contribution is 7.92. The standard InChI is InChI=1S/C21H17N3O5S2/c1-24(17-7-3-2-4-8-17)31(26,27)18-9-5-6-15(12-18)21(25)28-13-19-22-20(29-23-19)16-10-11-30-14-16/h2-12,14H,13H2,1H3. The molecule has 2 aromatic heterocycles. The molecule has 0 aliphatic heterocycles. The molecule has 31 heavy (non-hydrogen) atoms. The Labute approximate surface area is 182 Å². The van der Waals surface area contributed by atoms with Crippen LogP contribution in [0.5, 0.6) is 0 Å². The number of thiophene rings is 1. The first-order valence-electron chi connectivity index (χ1n) is 9.11. The molecular formula is C21H17N3O5S2. The normalized spacial score (nSPS) is 11.3. The molecule has 0 amide bonds. The second-order valence-corrected chi connectivity index (χ2v) is 9.19. The molecule has 0 fully saturated rings. The van der Waals surface area contributed by atoms with Gasteiger partial charge in [-0.2, -0.15) is 16.3 Å². The van der Waals surface area contributed by atoms with Crippen LogP contribution in [0.2, 0.25) is 0 Å². The number of anilines is 1. The van der Waals surface area contributed by atoms with Crippen LogP contribution in [0, 0.1) is 0 Å². The number of esters is 1. The summed E-state index contributed by atoms with van der Waals surface area (Å²) < 4.78 is 37.4. The maximum Gasteiger partial charge on any atom is 0.338 e. The molecule has 0 saturated heterocycles. The lowest BCUT2D eigenvalue weighted by atomic mass is 10.2. The Morgan fingerprint density at radius 1 is 1.13 bits per heavy atom. The van der Waals surface area contributed by atoms with Crippen molar-refractivity contribution in [3.05, 3.63) is 82.8 Å². The lowest BCUT2D eigenvalue weighted by Crippen LogP contribution is -2.26. The van der Waals surface area contributed by atoms with E-state index in [9.17, 15) is 13.2 Å². The third-order valence-corrected chi connectivity index (χ3v) is 6.88. The minimum absolute atomic E-state index is 0.0207. The van der Waals surface area contributed by atoms with Gasteiger partial charge in [-0.15, -0.1) is 0 Å². The lowest BCUT2D eigenvalue weighted by Gasteiger charge is -2.19. The second kappa shape index (κ2) is 8.70. The maximum atomic E-state index is 12.9. The summed E-state index contributed by atoms with van der Waals surface area (Å²) in [6, 6.07) is 16.2. The second-order valence-electron chi connectivity index (χ2n) is 6.44. The van der Waals surface area contributed by atoms with Crippen LogP contribution in [0.4, 0.5) is 5.69 Å². The summed E-state index contributed by atoms with van der Waals surface area (Å²) >= 11 is 1.50. The zero-order chi connectivity index (χ0) is 21.8. The molecule has 4 rings (SSSR count). The Hall–Kier alpha value is -3.50. The quantitative estimate of drug-likeness (QED) is 0.388. The average Bonchev–Trinajstić information content (AvgIpc) is 3.49. The van der Waals surface area contributed by atoms with Crippen molar-refractivity contribution in [1.82, 2.24) is 10.1 Å². The van der Waals surface area contributed by atoms with Crippen molar-refractivity contribution in [3.63, 3.8) is 0 Å². The molecule has 0 saturated carbocycles. The molecule has 2 heterocycles. The fourth-order valence-corrected chi connectivity index (χ4v) is 4.62. The number of para-hydroxylation sites is 1. The van der Waals surface area contributed by atoms with E-state index in [0.29, 0.717) is 11.6 Å². The van der Waals surface area contributed by atoms with Gasteiger partial charge in [0.05, 0.1) is 21.7 Å². The number of carbonyl (C=O) groups excluding carboxylic acids is 1. The zero-order valence-corrected chi connectivity index (χ0v) is 18.0. The number of sulfonamides is 1. The molecule has 4 aromatic rings. The Balaban J connectivity index is 1.47. The van der Waals surface area contributed by atoms with E-state index in [1.165, 1.54) is 42.6 Å². The summed E-state index contributed by atoms with van der Waals surface area (Å²) in [4.78, 5) is 16.6. The summed E-state index contributed by atoms with van der Waals surface area (Å²) in [6.07, 6.45) is 0. The summed E-state index contributed by atoms with van der Waals surface area (Å²) in [6.45, 7) is -0.201. The van der Waals surface area contributed by atoms with Gasteiger partial charge in [-0.1, -0.05) is 29.4 Å². The molecule has 10 heteroatoms. The first-order chi connectivity index (χ1) is 14.9. The Morgan fingerprint density at radius 2 is 1.94 bits per heavy atom. The van der Waals surface area contributed by atoms with Crippen LogP contribution in [0.25, 0.3) is 11.5 Å². The van der Waals surface area contributed by atoms with Gasteiger partial charge >= 0.3 is 5.97 Å². The molecule has 158 valence electrons. The van der Waals surface area contributed by atoms with Crippen LogP contribution in [-0.4, -0.2) is 31.6 Å². The Morgan fingerprint density at radius 3 is 2.68 bits per heavy atom. The highest BCUT2D eigenvalue weighted by atomic mass is 32.2. The van der Waals surface area contributed by atoms with Crippen LogP contribution < -0.4 is 4.31 Å². The Kier molecular flexibility index (Phi) is 5.83. The van der Waals surface area contributed by atoms with E-state index in [2.05, 4.69) is 10.1 Å². The number of hydrogen-bond donors (Lipinski definition) is 0. The van der Waals surface area contributed by atoms with E-state index >= 15 is 0 Å². The van der Waals surface area contributed by atoms with Gasteiger partial charge in [0.1, 0.15) is 0 Å². The van der Waals surface area contributed by atoms with Crippen molar-refractivity contribution in [3.8, 4) is 11.5 Å². The fraction of sp³-hybridized carbons (Fsp3) is 0.0952. The van der Waals surface area contributed by atoms with Gasteiger partial charge in [0.25, 0.3) is 15.9 Å². The number of carbonyl (C=O) groups is 1. The molecule has 0 spiro atoms. The van der Waals surface area contributed by atoms with E-state index in [1.807, 2.05) is 16.8 Å². The minimum Gasteiger partial charge on any atom is -0.454 e.